The van der Waals surface area contributed by atoms with E-state index in [1.165, 1.54) is 0 Å². The zero-order valence-electron chi connectivity index (χ0n) is 12.5. The van der Waals surface area contributed by atoms with Gasteiger partial charge in [0.15, 0.2) is 5.76 Å². The van der Waals surface area contributed by atoms with Crippen molar-refractivity contribution in [1.29, 1.82) is 0 Å². The fourth-order valence-corrected chi connectivity index (χ4v) is 2.30. The number of aromatic nitrogens is 2. The molecule has 0 spiro atoms. The van der Waals surface area contributed by atoms with Gasteiger partial charge in [-0.1, -0.05) is 23.3 Å². The Kier molecular flexibility index (Phi) is 3.50. The van der Waals surface area contributed by atoms with Gasteiger partial charge in [0, 0.05) is 11.5 Å². The largest absolute Gasteiger partial charge is 0.451 e. The van der Waals surface area contributed by atoms with Gasteiger partial charge < -0.3 is 8.83 Å². The van der Waals surface area contributed by atoms with Gasteiger partial charge in [-0.05, 0) is 24.3 Å². The molecule has 25 heavy (non-hydrogen) atoms. The first-order chi connectivity index (χ1) is 12.1. The minimum absolute atomic E-state index is 0.0612. The topological polar surface area (TPSA) is 81.2 Å². The summed E-state index contributed by atoms with van der Waals surface area (Å²) in [5.74, 6) is -2.21. The molecule has 2 aromatic carbocycles. The second-order valence-electron chi connectivity index (χ2n) is 5.14. The van der Waals surface area contributed by atoms with E-state index in [0.717, 1.165) is 17.5 Å². The van der Waals surface area contributed by atoms with E-state index in [-0.39, 0.29) is 17.5 Å². The third kappa shape index (κ3) is 2.85. The lowest BCUT2D eigenvalue weighted by atomic mass is 10.2. The summed E-state index contributed by atoms with van der Waals surface area (Å²) in [6, 6.07) is 11.4. The van der Waals surface area contributed by atoms with Crippen LogP contribution in [0.3, 0.4) is 0 Å². The van der Waals surface area contributed by atoms with Crippen LogP contribution in [0.2, 0.25) is 0 Å². The number of nitrogens with zero attached hydrogens (tertiary/aromatic N) is 2. The summed E-state index contributed by atoms with van der Waals surface area (Å²) in [4.78, 5) is 12.0. The highest BCUT2D eigenvalue weighted by Gasteiger charge is 2.18. The Morgan fingerprint density at radius 1 is 1.00 bits per heavy atom. The number of furan rings is 1. The van der Waals surface area contributed by atoms with E-state index < -0.39 is 17.5 Å². The average Bonchev–Trinajstić information content (AvgIpc) is 3.20. The van der Waals surface area contributed by atoms with Crippen molar-refractivity contribution in [3.05, 3.63) is 65.7 Å². The van der Waals surface area contributed by atoms with Gasteiger partial charge in [-0.15, -0.1) is 5.10 Å². The normalized spacial score (nSPS) is 11.0. The van der Waals surface area contributed by atoms with Crippen molar-refractivity contribution in [2.24, 2.45) is 0 Å². The summed E-state index contributed by atoms with van der Waals surface area (Å²) in [5, 5.41) is 10.6. The standard InChI is InChI=1S/C17H9F2N3O3/c18-10-5-6-11(12(19)8-10)15(23)20-17-22-21-16(25-17)14-7-9-3-1-2-4-13(9)24-14/h1-8H,(H,20,22,23). The van der Waals surface area contributed by atoms with E-state index in [1.807, 2.05) is 18.2 Å². The van der Waals surface area contributed by atoms with Gasteiger partial charge in [0.25, 0.3) is 11.8 Å². The summed E-state index contributed by atoms with van der Waals surface area (Å²) in [5.41, 5.74) is 0.305. The van der Waals surface area contributed by atoms with Crippen LogP contribution in [0.5, 0.6) is 0 Å². The van der Waals surface area contributed by atoms with Crippen LogP contribution in [0.4, 0.5) is 14.8 Å². The first-order valence-corrected chi connectivity index (χ1v) is 7.19. The molecule has 0 radical (unpaired) electrons. The maximum Gasteiger partial charge on any atom is 0.322 e. The summed E-state index contributed by atoms with van der Waals surface area (Å²) in [6.45, 7) is 0. The zero-order chi connectivity index (χ0) is 17.4. The molecule has 0 aliphatic heterocycles. The number of rotatable bonds is 3. The number of hydrogen-bond donors (Lipinski definition) is 1. The second-order valence-corrected chi connectivity index (χ2v) is 5.14. The molecule has 0 saturated carbocycles. The molecule has 6 nitrogen and oxygen atoms in total. The van der Waals surface area contributed by atoms with E-state index >= 15 is 0 Å². The Morgan fingerprint density at radius 2 is 1.84 bits per heavy atom. The minimum Gasteiger partial charge on any atom is -0.451 e. The predicted octanol–water partition coefficient (Wildman–Crippen LogP) is 4.01. The Hall–Kier alpha value is -3.55. The molecule has 0 bridgehead atoms. The van der Waals surface area contributed by atoms with Gasteiger partial charge in [-0.2, -0.15) is 0 Å². The highest BCUT2D eigenvalue weighted by molar-refractivity contribution is 6.03. The van der Waals surface area contributed by atoms with E-state index in [2.05, 4.69) is 15.5 Å². The summed E-state index contributed by atoms with van der Waals surface area (Å²) >= 11 is 0. The van der Waals surface area contributed by atoms with E-state index in [4.69, 9.17) is 8.83 Å². The van der Waals surface area contributed by atoms with Crippen LogP contribution in [0.1, 0.15) is 10.4 Å². The van der Waals surface area contributed by atoms with Crippen LogP contribution >= 0.6 is 0 Å². The Bertz CT molecular complexity index is 1050. The second kappa shape index (κ2) is 5.82. The molecule has 2 heterocycles. The fraction of sp³-hybridized carbons (Fsp3) is 0. The molecule has 1 amide bonds. The Balaban J connectivity index is 1.57. The van der Waals surface area contributed by atoms with Crippen molar-refractivity contribution in [3.8, 4) is 11.7 Å². The van der Waals surface area contributed by atoms with Crippen molar-refractivity contribution >= 4 is 22.9 Å². The Labute approximate surface area is 139 Å². The molecule has 4 rings (SSSR count). The van der Waals surface area contributed by atoms with E-state index in [9.17, 15) is 13.6 Å². The third-order valence-corrected chi connectivity index (χ3v) is 3.46. The molecular weight excluding hydrogens is 332 g/mol. The SMILES string of the molecule is O=C(Nc1nnc(-c2cc3ccccc3o2)o1)c1ccc(F)cc1F. The smallest absolute Gasteiger partial charge is 0.322 e. The van der Waals surface area contributed by atoms with Gasteiger partial charge in [0.05, 0.1) is 5.56 Å². The number of fused-ring (bicyclic) bond motifs is 1. The van der Waals surface area contributed by atoms with E-state index in [0.29, 0.717) is 17.4 Å². The molecule has 4 aromatic rings. The van der Waals surface area contributed by atoms with Gasteiger partial charge in [0.1, 0.15) is 17.2 Å². The monoisotopic (exact) mass is 341 g/mol. The quantitative estimate of drug-likeness (QED) is 0.609. The first kappa shape index (κ1) is 15.0. The lowest BCUT2D eigenvalue weighted by Crippen LogP contribution is -2.14. The van der Waals surface area contributed by atoms with Crippen molar-refractivity contribution in [2.75, 3.05) is 5.32 Å². The summed E-state index contributed by atoms with van der Waals surface area (Å²) in [7, 11) is 0. The van der Waals surface area contributed by atoms with Gasteiger partial charge in [0.2, 0.25) is 0 Å². The molecule has 1 N–H and O–H groups in total. The average molecular weight is 341 g/mol. The number of hydrogen-bond acceptors (Lipinski definition) is 5. The number of amides is 1. The number of anilines is 1. The number of carbonyl (C=O) groups excluding carboxylic acids is 1. The highest BCUT2D eigenvalue weighted by Crippen LogP contribution is 2.27. The maximum absolute atomic E-state index is 13.6. The van der Waals surface area contributed by atoms with Gasteiger partial charge >= 0.3 is 6.01 Å². The van der Waals surface area contributed by atoms with Crippen molar-refractivity contribution < 1.29 is 22.4 Å². The molecule has 124 valence electrons. The highest BCUT2D eigenvalue weighted by atomic mass is 19.1. The number of nitrogens with one attached hydrogen (secondary N) is 1. The van der Waals surface area contributed by atoms with Crippen LogP contribution in [0.15, 0.2) is 57.4 Å². The van der Waals surface area contributed by atoms with Gasteiger partial charge in [-0.25, -0.2) is 8.78 Å². The lowest BCUT2D eigenvalue weighted by molar-refractivity contribution is 0.102. The number of benzene rings is 2. The molecular formula is C17H9F2N3O3. The molecule has 0 aliphatic rings. The molecule has 0 aliphatic carbocycles. The molecule has 0 atom stereocenters. The molecule has 0 fully saturated rings. The van der Waals surface area contributed by atoms with Crippen molar-refractivity contribution in [2.45, 2.75) is 0 Å². The lowest BCUT2D eigenvalue weighted by Gasteiger charge is -2.01. The zero-order valence-corrected chi connectivity index (χ0v) is 12.5. The molecule has 8 heteroatoms. The first-order valence-electron chi connectivity index (χ1n) is 7.19. The number of para-hydroxylation sites is 1. The molecule has 2 aromatic heterocycles. The summed E-state index contributed by atoms with van der Waals surface area (Å²) < 4.78 is 37.4. The van der Waals surface area contributed by atoms with Crippen LogP contribution in [-0.2, 0) is 0 Å². The summed E-state index contributed by atoms with van der Waals surface area (Å²) in [6.07, 6.45) is 0. The van der Waals surface area contributed by atoms with Gasteiger partial charge in [-0.3, -0.25) is 10.1 Å². The van der Waals surface area contributed by atoms with Crippen LogP contribution in [-0.4, -0.2) is 16.1 Å². The number of halogens is 2. The molecule has 0 unspecified atom stereocenters. The minimum atomic E-state index is -0.991. The predicted molar refractivity (Wildman–Crippen MR) is 83.8 cm³/mol. The fourth-order valence-electron chi connectivity index (χ4n) is 2.30. The maximum atomic E-state index is 13.6. The Morgan fingerprint density at radius 3 is 2.64 bits per heavy atom. The van der Waals surface area contributed by atoms with E-state index in [1.54, 1.807) is 12.1 Å². The van der Waals surface area contributed by atoms with Crippen molar-refractivity contribution in [1.82, 2.24) is 10.2 Å². The number of carbonyl (C=O) groups is 1. The van der Waals surface area contributed by atoms with Crippen LogP contribution in [0, 0.1) is 11.6 Å². The third-order valence-electron chi connectivity index (χ3n) is 3.46. The molecule has 0 saturated heterocycles. The van der Waals surface area contributed by atoms with Crippen LogP contribution in [0.25, 0.3) is 22.6 Å². The van der Waals surface area contributed by atoms with Crippen LogP contribution < -0.4 is 5.32 Å². The van der Waals surface area contributed by atoms with Crippen molar-refractivity contribution in [3.63, 3.8) is 0 Å².